The molecule has 1 amide bonds. The number of carbonyl (C=O) groups excluding carboxylic acids is 2. The molecule has 0 heterocycles. The molecule has 0 unspecified atom stereocenters. The van der Waals surface area contributed by atoms with Gasteiger partial charge in [0.25, 0.3) is 5.91 Å². The zero-order chi connectivity index (χ0) is 15.2. The summed E-state index contributed by atoms with van der Waals surface area (Å²) in [5.74, 6) is -0.148. The Kier molecular flexibility index (Phi) is 4.67. The molecule has 0 saturated heterocycles. The van der Waals surface area contributed by atoms with Crippen LogP contribution < -0.4 is 5.32 Å². The van der Waals surface area contributed by atoms with Gasteiger partial charge in [0, 0.05) is 18.2 Å². The molecule has 0 aliphatic carbocycles. The van der Waals surface area contributed by atoms with Crippen molar-refractivity contribution in [1.82, 2.24) is 5.32 Å². The van der Waals surface area contributed by atoms with Gasteiger partial charge in [-0.2, -0.15) is 0 Å². The summed E-state index contributed by atoms with van der Waals surface area (Å²) in [6.45, 7) is 1.92. The van der Waals surface area contributed by atoms with Gasteiger partial charge >= 0.3 is 0 Å². The van der Waals surface area contributed by atoms with Crippen molar-refractivity contribution >= 4 is 17.8 Å². The van der Waals surface area contributed by atoms with Crippen molar-refractivity contribution in [3.63, 3.8) is 0 Å². The summed E-state index contributed by atoms with van der Waals surface area (Å²) in [7, 11) is 1.59. The van der Waals surface area contributed by atoms with E-state index in [0.29, 0.717) is 11.1 Å². The Morgan fingerprint density at radius 3 is 2.29 bits per heavy atom. The van der Waals surface area contributed by atoms with Crippen molar-refractivity contribution in [3.8, 4) is 0 Å². The number of nitrogens with one attached hydrogen (secondary N) is 1. The first kappa shape index (κ1) is 14.7. The van der Waals surface area contributed by atoms with Gasteiger partial charge in [-0.25, -0.2) is 0 Å². The Bertz CT molecular complexity index is 685. The minimum Gasteiger partial charge on any atom is -0.355 e. The van der Waals surface area contributed by atoms with E-state index in [4.69, 9.17) is 0 Å². The second kappa shape index (κ2) is 6.66. The van der Waals surface area contributed by atoms with Gasteiger partial charge in [-0.15, -0.1) is 0 Å². The Balaban J connectivity index is 2.13. The van der Waals surface area contributed by atoms with Crippen molar-refractivity contribution in [2.45, 2.75) is 6.92 Å². The molecule has 0 aromatic heterocycles. The Hall–Kier alpha value is -2.68. The van der Waals surface area contributed by atoms with Gasteiger partial charge < -0.3 is 5.32 Å². The Labute approximate surface area is 124 Å². The van der Waals surface area contributed by atoms with Crippen molar-refractivity contribution in [2.24, 2.45) is 0 Å². The van der Waals surface area contributed by atoms with Crippen LogP contribution in [0.5, 0.6) is 0 Å². The van der Waals surface area contributed by atoms with Crippen LogP contribution in [-0.4, -0.2) is 18.7 Å². The summed E-state index contributed by atoms with van der Waals surface area (Å²) in [6.07, 6.45) is 3.31. The van der Waals surface area contributed by atoms with E-state index < -0.39 is 0 Å². The molecule has 21 heavy (non-hydrogen) atoms. The van der Waals surface area contributed by atoms with E-state index >= 15 is 0 Å². The molecule has 0 atom stereocenters. The monoisotopic (exact) mass is 279 g/mol. The Morgan fingerprint density at radius 1 is 1.00 bits per heavy atom. The first-order valence-corrected chi connectivity index (χ1v) is 6.72. The lowest BCUT2D eigenvalue weighted by Gasteiger charge is -2.01. The minimum absolute atomic E-state index is 0.0246. The lowest BCUT2D eigenvalue weighted by atomic mass is 10.0. The number of hydrogen-bond donors (Lipinski definition) is 1. The van der Waals surface area contributed by atoms with Gasteiger partial charge in [-0.05, 0) is 36.3 Å². The van der Waals surface area contributed by atoms with Crippen molar-refractivity contribution < 1.29 is 9.59 Å². The molecule has 0 aliphatic heterocycles. The molecule has 0 bridgehead atoms. The van der Waals surface area contributed by atoms with Crippen LogP contribution in [0, 0.1) is 6.92 Å². The van der Waals surface area contributed by atoms with E-state index in [2.05, 4.69) is 5.32 Å². The van der Waals surface area contributed by atoms with Gasteiger partial charge in [-0.1, -0.05) is 42.5 Å². The highest BCUT2D eigenvalue weighted by molar-refractivity contribution is 6.07. The minimum atomic E-state index is -0.124. The van der Waals surface area contributed by atoms with Crippen LogP contribution in [0.1, 0.15) is 31.8 Å². The molecule has 3 heteroatoms. The average molecular weight is 279 g/mol. The third-order valence-electron chi connectivity index (χ3n) is 3.24. The van der Waals surface area contributed by atoms with Gasteiger partial charge in [0.2, 0.25) is 0 Å². The summed E-state index contributed by atoms with van der Waals surface area (Å²) < 4.78 is 0. The standard InChI is InChI=1S/C18H17NO2/c1-13-5-3-4-6-16(13)17(20)12-9-14-7-10-15(11-8-14)18(21)19-2/h3-12H,1-2H3,(H,19,21). The summed E-state index contributed by atoms with van der Waals surface area (Å²) in [5.41, 5.74) is 3.14. The fourth-order valence-electron chi connectivity index (χ4n) is 2.00. The molecule has 0 spiro atoms. The number of aryl methyl sites for hydroxylation is 1. The maximum Gasteiger partial charge on any atom is 0.251 e. The van der Waals surface area contributed by atoms with Gasteiger partial charge in [0.15, 0.2) is 5.78 Å². The number of amides is 1. The van der Waals surface area contributed by atoms with E-state index in [1.165, 1.54) is 0 Å². The third kappa shape index (κ3) is 3.66. The summed E-state index contributed by atoms with van der Waals surface area (Å²) >= 11 is 0. The van der Waals surface area contributed by atoms with Crippen LogP contribution in [0.2, 0.25) is 0 Å². The van der Waals surface area contributed by atoms with Gasteiger partial charge in [0.05, 0.1) is 0 Å². The third-order valence-corrected chi connectivity index (χ3v) is 3.24. The summed E-state index contributed by atoms with van der Waals surface area (Å²) in [5, 5.41) is 2.57. The van der Waals surface area contributed by atoms with Crippen LogP contribution in [0.25, 0.3) is 6.08 Å². The normalized spacial score (nSPS) is 10.6. The highest BCUT2D eigenvalue weighted by Crippen LogP contribution is 2.11. The molecule has 0 fully saturated rings. The predicted molar refractivity (Wildman–Crippen MR) is 84.4 cm³/mol. The number of ketones is 1. The zero-order valence-corrected chi connectivity index (χ0v) is 12.1. The van der Waals surface area contributed by atoms with E-state index in [1.54, 1.807) is 31.3 Å². The highest BCUT2D eigenvalue weighted by Gasteiger charge is 2.04. The average Bonchev–Trinajstić information content (AvgIpc) is 2.52. The Morgan fingerprint density at radius 2 is 1.67 bits per heavy atom. The topological polar surface area (TPSA) is 46.2 Å². The lowest BCUT2D eigenvalue weighted by Crippen LogP contribution is -2.17. The SMILES string of the molecule is CNC(=O)c1ccc(C=CC(=O)c2ccccc2C)cc1. The van der Waals surface area contributed by atoms with Crippen LogP contribution in [0.15, 0.2) is 54.6 Å². The summed E-state index contributed by atoms with van der Waals surface area (Å²) in [4.78, 5) is 23.5. The molecule has 0 radical (unpaired) electrons. The number of carbonyl (C=O) groups is 2. The van der Waals surface area contributed by atoms with Gasteiger partial charge in [-0.3, -0.25) is 9.59 Å². The number of rotatable bonds is 4. The van der Waals surface area contributed by atoms with E-state index in [9.17, 15) is 9.59 Å². The molecule has 0 aliphatic rings. The maximum atomic E-state index is 12.1. The smallest absolute Gasteiger partial charge is 0.251 e. The number of allylic oxidation sites excluding steroid dienone is 1. The van der Waals surface area contributed by atoms with Gasteiger partial charge in [0.1, 0.15) is 0 Å². The molecule has 2 aromatic carbocycles. The van der Waals surface area contributed by atoms with Crippen molar-refractivity contribution in [2.75, 3.05) is 7.05 Å². The van der Waals surface area contributed by atoms with E-state index in [1.807, 2.05) is 43.3 Å². The van der Waals surface area contributed by atoms with Crippen LogP contribution in [-0.2, 0) is 0 Å². The fraction of sp³-hybridized carbons (Fsp3) is 0.111. The van der Waals surface area contributed by atoms with Crippen molar-refractivity contribution in [1.29, 1.82) is 0 Å². The van der Waals surface area contributed by atoms with Crippen LogP contribution in [0.4, 0.5) is 0 Å². The first-order chi connectivity index (χ1) is 10.1. The molecule has 0 saturated carbocycles. The predicted octanol–water partition coefficient (Wildman–Crippen LogP) is 3.25. The van der Waals surface area contributed by atoms with Crippen molar-refractivity contribution in [3.05, 3.63) is 76.9 Å². The second-order valence-corrected chi connectivity index (χ2v) is 4.71. The molecule has 106 valence electrons. The molecule has 3 nitrogen and oxygen atoms in total. The number of benzene rings is 2. The molecular weight excluding hydrogens is 262 g/mol. The van der Waals surface area contributed by atoms with Crippen LogP contribution >= 0.6 is 0 Å². The maximum absolute atomic E-state index is 12.1. The molecule has 2 rings (SSSR count). The van der Waals surface area contributed by atoms with E-state index in [-0.39, 0.29) is 11.7 Å². The lowest BCUT2D eigenvalue weighted by molar-refractivity contribution is 0.0962. The fourth-order valence-corrected chi connectivity index (χ4v) is 2.00. The van der Waals surface area contributed by atoms with Crippen LogP contribution in [0.3, 0.4) is 0 Å². The highest BCUT2D eigenvalue weighted by atomic mass is 16.1. The molecular formula is C18H17NO2. The second-order valence-electron chi connectivity index (χ2n) is 4.71. The molecule has 2 aromatic rings. The summed E-state index contributed by atoms with van der Waals surface area (Å²) in [6, 6.07) is 14.6. The quantitative estimate of drug-likeness (QED) is 0.689. The number of hydrogen-bond acceptors (Lipinski definition) is 2. The zero-order valence-electron chi connectivity index (χ0n) is 12.1. The largest absolute Gasteiger partial charge is 0.355 e. The molecule has 1 N–H and O–H groups in total. The first-order valence-electron chi connectivity index (χ1n) is 6.72. The van der Waals surface area contributed by atoms with E-state index in [0.717, 1.165) is 11.1 Å².